The van der Waals surface area contributed by atoms with Gasteiger partial charge in [0.1, 0.15) is 6.04 Å². The van der Waals surface area contributed by atoms with Crippen LogP contribution in [0.1, 0.15) is 56.2 Å². The van der Waals surface area contributed by atoms with Crippen LogP contribution in [0.5, 0.6) is 0 Å². The van der Waals surface area contributed by atoms with Crippen LogP contribution < -0.4 is 0 Å². The zero-order chi connectivity index (χ0) is 21.7. The van der Waals surface area contributed by atoms with Gasteiger partial charge in [0.2, 0.25) is 11.8 Å². The van der Waals surface area contributed by atoms with Crippen LogP contribution in [0.15, 0.2) is 17.5 Å². The summed E-state index contributed by atoms with van der Waals surface area (Å²) >= 11 is 1.83. The number of carbonyl (C=O) groups excluding carboxylic acids is 2. The fourth-order valence-corrected chi connectivity index (χ4v) is 8.77. The van der Waals surface area contributed by atoms with Gasteiger partial charge in [0, 0.05) is 44.1 Å². The van der Waals surface area contributed by atoms with Crippen molar-refractivity contribution in [3.8, 4) is 0 Å². The van der Waals surface area contributed by atoms with Crippen LogP contribution in [0, 0.1) is 23.2 Å². The Morgan fingerprint density at radius 3 is 2.28 bits per heavy atom. The van der Waals surface area contributed by atoms with E-state index in [1.54, 1.807) is 0 Å². The summed E-state index contributed by atoms with van der Waals surface area (Å²) in [6.45, 7) is 5.37. The molecule has 5 nitrogen and oxygen atoms in total. The van der Waals surface area contributed by atoms with E-state index in [9.17, 15) is 9.59 Å². The number of hydrogen-bond donors (Lipinski definition) is 0. The quantitative estimate of drug-likeness (QED) is 0.681. The Morgan fingerprint density at radius 2 is 1.66 bits per heavy atom. The first-order chi connectivity index (χ1) is 15.6. The molecule has 2 amide bonds. The molecule has 0 aromatic carbocycles. The lowest BCUT2D eigenvalue weighted by Crippen LogP contribution is -2.59. The van der Waals surface area contributed by atoms with Crippen LogP contribution in [0.3, 0.4) is 0 Å². The number of hydrogen-bond acceptors (Lipinski definition) is 4. The van der Waals surface area contributed by atoms with Crippen molar-refractivity contribution in [2.45, 2.75) is 63.8 Å². The molecule has 2 aliphatic heterocycles. The third-order valence-corrected chi connectivity index (χ3v) is 10.2. The maximum absolute atomic E-state index is 13.9. The van der Waals surface area contributed by atoms with Gasteiger partial charge in [-0.25, -0.2) is 0 Å². The van der Waals surface area contributed by atoms with Gasteiger partial charge in [-0.1, -0.05) is 6.07 Å². The summed E-state index contributed by atoms with van der Waals surface area (Å²) in [6.07, 6.45) is 10.3. The van der Waals surface area contributed by atoms with Gasteiger partial charge in [-0.05, 0) is 87.0 Å². The van der Waals surface area contributed by atoms with Crippen molar-refractivity contribution in [1.29, 1.82) is 0 Å². The minimum absolute atomic E-state index is 0.127. The molecule has 4 bridgehead atoms. The van der Waals surface area contributed by atoms with E-state index in [4.69, 9.17) is 0 Å². The highest BCUT2D eigenvalue weighted by Gasteiger charge is 2.57. The maximum atomic E-state index is 13.9. The van der Waals surface area contributed by atoms with Crippen LogP contribution >= 0.6 is 11.3 Å². The van der Waals surface area contributed by atoms with Crippen molar-refractivity contribution in [1.82, 2.24) is 14.7 Å². The highest BCUT2D eigenvalue weighted by Crippen LogP contribution is 2.60. The molecule has 32 heavy (non-hydrogen) atoms. The van der Waals surface area contributed by atoms with E-state index in [-0.39, 0.29) is 17.4 Å². The Kier molecular flexibility index (Phi) is 5.57. The number of carbonyl (C=O) groups is 2. The molecule has 0 N–H and O–H groups in total. The van der Waals surface area contributed by atoms with Crippen molar-refractivity contribution in [3.05, 3.63) is 22.4 Å². The van der Waals surface area contributed by atoms with Crippen LogP contribution in [-0.2, 0) is 16.0 Å². The number of likely N-dealkylation sites (tertiary alicyclic amines) is 1. The van der Waals surface area contributed by atoms with E-state index >= 15 is 0 Å². The molecule has 1 unspecified atom stereocenters. The summed E-state index contributed by atoms with van der Waals surface area (Å²) < 4.78 is 0. The number of thiophene rings is 1. The molecule has 7 rings (SSSR count). The molecule has 2 saturated heterocycles. The van der Waals surface area contributed by atoms with Crippen LogP contribution in [0.2, 0.25) is 0 Å². The molecular formula is C26H37N3O2S. The molecule has 1 aromatic heterocycles. The maximum Gasteiger partial charge on any atom is 0.245 e. The number of nitrogens with zero attached hydrogens (tertiary/aromatic N) is 3. The second kappa shape index (κ2) is 8.43. The van der Waals surface area contributed by atoms with Gasteiger partial charge in [0.25, 0.3) is 0 Å². The highest BCUT2D eigenvalue weighted by atomic mass is 32.1. The minimum atomic E-state index is -0.201. The van der Waals surface area contributed by atoms with Gasteiger partial charge < -0.3 is 9.80 Å². The normalized spacial score (nSPS) is 36.8. The molecule has 0 spiro atoms. The Bertz CT molecular complexity index is 810. The number of piperazine rings is 1. The first-order valence-electron chi connectivity index (χ1n) is 12.9. The lowest BCUT2D eigenvalue weighted by Gasteiger charge is -2.56. The Balaban J connectivity index is 1.07. The largest absolute Gasteiger partial charge is 0.338 e. The Labute approximate surface area is 196 Å². The third-order valence-electron chi connectivity index (χ3n) is 9.23. The minimum Gasteiger partial charge on any atom is -0.338 e. The topological polar surface area (TPSA) is 43.9 Å². The molecule has 1 aromatic rings. The summed E-state index contributed by atoms with van der Waals surface area (Å²) in [7, 11) is 0. The first-order valence-corrected chi connectivity index (χ1v) is 13.8. The van der Waals surface area contributed by atoms with Crippen molar-refractivity contribution < 1.29 is 9.59 Å². The predicted molar refractivity (Wildman–Crippen MR) is 126 cm³/mol. The average molecular weight is 456 g/mol. The molecule has 6 fully saturated rings. The van der Waals surface area contributed by atoms with Gasteiger partial charge in [-0.3, -0.25) is 14.5 Å². The van der Waals surface area contributed by atoms with E-state index in [2.05, 4.69) is 27.3 Å². The van der Waals surface area contributed by atoms with Crippen LogP contribution in [0.4, 0.5) is 0 Å². The van der Waals surface area contributed by atoms with Crippen molar-refractivity contribution in [3.63, 3.8) is 0 Å². The third kappa shape index (κ3) is 3.81. The molecule has 0 radical (unpaired) electrons. The summed E-state index contributed by atoms with van der Waals surface area (Å²) in [5.74, 6) is 2.87. The average Bonchev–Trinajstić information content (AvgIpc) is 3.48. The van der Waals surface area contributed by atoms with Crippen LogP contribution in [0.25, 0.3) is 0 Å². The standard InChI is InChI=1S/C26H37N3O2S/c30-24(28-10-8-27(9-11-28)7-5-22-3-2-12-32-22)23-4-1-6-29(23)25(31)26-16-19-13-20(17-26)15-21(14-19)18-26/h2-3,12,19-21,23H,1,4-11,13-18H2. The molecule has 4 saturated carbocycles. The predicted octanol–water partition coefficient (Wildman–Crippen LogP) is 3.64. The summed E-state index contributed by atoms with van der Waals surface area (Å²) in [5.41, 5.74) is -0.127. The SMILES string of the molecule is O=C(C1CCCN1C(=O)C12CC3CC(CC(C3)C1)C2)N1CCN(CCc2cccs2)CC1. The van der Waals surface area contributed by atoms with Crippen LogP contribution in [-0.4, -0.2) is 71.8 Å². The molecule has 174 valence electrons. The van der Waals surface area contributed by atoms with Gasteiger partial charge >= 0.3 is 0 Å². The highest BCUT2D eigenvalue weighted by molar-refractivity contribution is 7.09. The van der Waals surface area contributed by atoms with Crippen molar-refractivity contribution in [2.24, 2.45) is 23.2 Å². The summed E-state index contributed by atoms with van der Waals surface area (Å²) in [6, 6.07) is 4.13. The molecule has 4 aliphatic carbocycles. The van der Waals surface area contributed by atoms with E-state index in [1.165, 1.54) is 24.1 Å². The first kappa shape index (κ1) is 21.2. The zero-order valence-electron chi connectivity index (χ0n) is 19.2. The Hall–Kier alpha value is -1.40. The fourth-order valence-electron chi connectivity index (χ4n) is 8.07. The number of rotatable bonds is 5. The molecular weight excluding hydrogens is 418 g/mol. The lowest BCUT2D eigenvalue weighted by atomic mass is 9.49. The van der Waals surface area contributed by atoms with Gasteiger partial charge in [0.15, 0.2) is 0 Å². The molecule has 1 atom stereocenters. The van der Waals surface area contributed by atoms with E-state index in [0.717, 1.165) is 95.5 Å². The van der Waals surface area contributed by atoms with E-state index in [1.807, 2.05) is 16.2 Å². The van der Waals surface area contributed by atoms with Gasteiger partial charge in [0.05, 0.1) is 5.41 Å². The monoisotopic (exact) mass is 455 g/mol. The molecule has 6 heteroatoms. The van der Waals surface area contributed by atoms with Gasteiger partial charge in [-0.15, -0.1) is 11.3 Å². The van der Waals surface area contributed by atoms with E-state index in [0.29, 0.717) is 5.91 Å². The number of amides is 2. The summed E-state index contributed by atoms with van der Waals surface area (Å²) in [5, 5.41) is 2.14. The lowest BCUT2D eigenvalue weighted by molar-refractivity contribution is -0.162. The smallest absolute Gasteiger partial charge is 0.245 e. The second-order valence-corrected chi connectivity index (χ2v) is 12.4. The van der Waals surface area contributed by atoms with E-state index < -0.39 is 0 Å². The van der Waals surface area contributed by atoms with Crippen molar-refractivity contribution in [2.75, 3.05) is 39.3 Å². The molecule has 6 aliphatic rings. The van der Waals surface area contributed by atoms with Crippen molar-refractivity contribution >= 4 is 23.2 Å². The molecule has 3 heterocycles. The second-order valence-electron chi connectivity index (χ2n) is 11.4. The zero-order valence-corrected chi connectivity index (χ0v) is 20.0. The Morgan fingerprint density at radius 1 is 0.969 bits per heavy atom. The van der Waals surface area contributed by atoms with Gasteiger partial charge in [-0.2, -0.15) is 0 Å². The summed E-state index contributed by atoms with van der Waals surface area (Å²) in [4.78, 5) is 35.4. The fraction of sp³-hybridized carbons (Fsp3) is 0.769.